The predicted octanol–water partition coefficient (Wildman–Crippen LogP) is 3.29. The van der Waals surface area contributed by atoms with Crippen molar-refractivity contribution in [1.82, 2.24) is 20.2 Å². The number of likely N-dealkylation sites (tertiary alicyclic amines) is 1. The highest BCUT2D eigenvalue weighted by Crippen LogP contribution is 2.20. The molecule has 0 bridgehead atoms. The Morgan fingerprint density at radius 2 is 1.83 bits per heavy atom. The van der Waals surface area contributed by atoms with Crippen LogP contribution in [0.15, 0.2) is 67.1 Å². The Hall–Kier alpha value is -3.41. The molecule has 2 N–H and O–H groups in total. The number of piperidine rings is 1. The molecule has 154 valence electrons. The molecule has 1 fully saturated rings. The van der Waals surface area contributed by atoms with Crippen molar-refractivity contribution >= 4 is 11.8 Å². The third kappa shape index (κ3) is 4.95. The summed E-state index contributed by atoms with van der Waals surface area (Å²) in [7, 11) is 0. The van der Waals surface area contributed by atoms with Gasteiger partial charge in [0.25, 0.3) is 5.91 Å². The normalized spacial score (nSPS) is 16.3. The molecular formula is C24H26N4O2. The first-order valence-corrected chi connectivity index (χ1v) is 10.4. The highest BCUT2D eigenvalue weighted by atomic mass is 16.2. The Bertz CT molecular complexity index is 968. The van der Waals surface area contributed by atoms with Gasteiger partial charge in [-0.15, -0.1) is 0 Å². The molecule has 1 aliphatic rings. The highest BCUT2D eigenvalue weighted by Gasteiger charge is 2.24. The molecule has 2 heterocycles. The molecule has 4 rings (SSSR count). The van der Waals surface area contributed by atoms with Crippen LogP contribution >= 0.6 is 0 Å². The van der Waals surface area contributed by atoms with Gasteiger partial charge in [-0.3, -0.25) is 9.59 Å². The second kappa shape index (κ2) is 9.39. The van der Waals surface area contributed by atoms with E-state index in [0.717, 1.165) is 36.2 Å². The lowest BCUT2D eigenvalue weighted by molar-refractivity contribution is -0.132. The van der Waals surface area contributed by atoms with E-state index >= 15 is 0 Å². The highest BCUT2D eigenvalue weighted by molar-refractivity contribution is 5.94. The van der Waals surface area contributed by atoms with Crippen LogP contribution in [0.5, 0.6) is 0 Å². The van der Waals surface area contributed by atoms with Crippen molar-refractivity contribution in [2.24, 2.45) is 5.92 Å². The van der Waals surface area contributed by atoms with Crippen molar-refractivity contribution in [3.63, 3.8) is 0 Å². The number of imidazole rings is 1. The lowest BCUT2D eigenvalue weighted by Crippen LogP contribution is -2.44. The lowest BCUT2D eigenvalue weighted by Gasteiger charge is -2.33. The van der Waals surface area contributed by atoms with E-state index in [1.807, 2.05) is 47.4 Å². The topological polar surface area (TPSA) is 78.1 Å². The summed E-state index contributed by atoms with van der Waals surface area (Å²) in [6.45, 7) is 2.03. The summed E-state index contributed by atoms with van der Waals surface area (Å²) in [4.78, 5) is 33.9. The van der Waals surface area contributed by atoms with Gasteiger partial charge in [-0.05, 0) is 42.0 Å². The molecule has 30 heavy (non-hydrogen) atoms. The summed E-state index contributed by atoms with van der Waals surface area (Å²) in [5.41, 5.74) is 3.70. The number of benzene rings is 2. The largest absolute Gasteiger partial charge is 0.352 e. The van der Waals surface area contributed by atoms with E-state index in [-0.39, 0.29) is 17.7 Å². The molecule has 1 aromatic heterocycles. The first kappa shape index (κ1) is 19.9. The number of aromatic nitrogens is 2. The first-order chi connectivity index (χ1) is 14.7. The maximum atomic E-state index is 12.6. The van der Waals surface area contributed by atoms with Gasteiger partial charge in [0.15, 0.2) is 0 Å². The fraction of sp³-hybridized carbons (Fsp3) is 0.292. The summed E-state index contributed by atoms with van der Waals surface area (Å²) in [6.07, 6.45) is 5.58. The average molecular weight is 402 g/mol. The van der Waals surface area contributed by atoms with Crippen molar-refractivity contribution in [2.45, 2.75) is 19.3 Å². The minimum Gasteiger partial charge on any atom is -0.352 e. The number of carbonyl (C=O) groups is 2. The zero-order chi connectivity index (χ0) is 20.8. The smallest absolute Gasteiger partial charge is 0.251 e. The van der Waals surface area contributed by atoms with Gasteiger partial charge < -0.3 is 15.2 Å². The number of rotatable bonds is 6. The zero-order valence-electron chi connectivity index (χ0n) is 16.9. The second-order valence-electron chi connectivity index (χ2n) is 7.76. The maximum absolute atomic E-state index is 12.6. The maximum Gasteiger partial charge on any atom is 0.251 e. The van der Waals surface area contributed by atoms with Crippen LogP contribution in [0.2, 0.25) is 0 Å². The van der Waals surface area contributed by atoms with Crippen molar-refractivity contribution in [3.8, 4) is 11.1 Å². The van der Waals surface area contributed by atoms with Gasteiger partial charge in [0.1, 0.15) is 0 Å². The predicted molar refractivity (Wildman–Crippen MR) is 116 cm³/mol. The van der Waals surface area contributed by atoms with Crippen LogP contribution < -0.4 is 5.32 Å². The number of hydrogen-bond donors (Lipinski definition) is 2. The minimum absolute atomic E-state index is 0.0736. The number of carbonyl (C=O) groups excluding carboxylic acids is 2. The van der Waals surface area contributed by atoms with Gasteiger partial charge in [-0.1, -0.05) is 42.5 Å². The molecule has 0 aliphatic carbocycles. The van der Waals surface area contributed by atoms with Crippen LogP contribution in [0.4, 0.5) is 0 Å². The number of H-pyrrole nitrogens is 1. The average Bonchev–Trinajstić information content (AvgIpc) is 3.31. The number of nitrogens with zero attached hydrogens (tertiary/aromatic N) is 2. The third-order valence-electron chi connectivity index (χ3n) is 5.57. The molecule has 6 heteroatoms. The van der Waals surface area contributed by atoms with E-state index in [9.17, 15) is 9.59 Å². The van der Waals surface area contributed by atoms with Crippen LogP contribution in [0.3, 0.4) is 0 Å². The van der Waals surface area contributed by atoms with Crippen molar-refractivity contribution in [2.75, 3.05) is 19.6 Å². The van der Waals surface area contributed by atoms with Crippen LogP contribution in [-0.4, -0.2) is 46.3 Å². The van der Waals surface area contributed by atoms with E-state index in [4.69, 9.17) is 0 Å². The molecule has 0 spiro atoms. The molecule has 6 nitrogen and oxygen atoms in total. The summed E-state index contributed by atoms with van der Waals surface area (Å²) in [5, 5.41) is 3.04. The molecule has 0 radical (unpaired) electrons. The molecule has 1 atom stereocenters. The Labute approximate surface area is 176 Å². The van der Waals surface area contributed by atoms with Crippen molar-refractivity contribution in [1.29, 1.82) is 0 Å². The molecule has 2 amide bonds. The molecule has 3 aromatic rings. The molecule has 1 unspecified atom stereocenters. The number of hydrogen-bond acceptors (Lipinski definition) is 3. The fourth-order valence-corrected chi connectivity index (χ4v) is 3.90. The van der Waals surface area contributed by atoms with Crippen LogP contribution in [0.25, 0.3) is 11.1 Å². The van der Waals surface area contributed by atoms with Crippen LogP contribution in [-0.2, 0) is 11.2 Å². The summed E-state index contributed by atoms with van der Waals surface area (Å²) < 4.78 is 0. The molecule has 1 aliphatic heterocycles. The van der Waals surface area contributed by atoms with E-state index in [2.05, 4.69) is 27.4 Å². The molecule has 0 saturated carbocycles. The molecular weight excluding hydrogens is 376 g/mol. The van der Waals surface area contributed by atoms with Gasteiger partial charge in [-0.2, -0.15) is 0 Å². The first-order valence-electron chi connectivity index (χ1n) is 10.4. The van der Waals surface area contributed by atoms with Gasteiger partial charge in [0.05, 0.1) is 12.7 Å². The minimum atomic E-state index is -0.0736. The third-order valence-corrected chi connectivity index (χ3v) is 5.57. The monoisotopic (exact) mass is 402 g/mol. The van der Waals surface area contributed by atoms with Gasteiger partial charge in [0, 0.05) is 37.1 Å². The summed E-state index contributed by atoms with van der Waals surface area (Å²) in [5.74, 6) is 0.305. The number of amides is 2. The van der Waals surface area contributed by atoms with E-state index in [1.165, 1.54) is 0 Å². The second-order valence-corrected chi connectivity index (χ2v) is 7.76. The lowest BCUT2D eigenvalue weighted by atomic mass is 9.97. The Morgan fingerprint density at radius 1 is 1.07 bits per heavy atom. The Kier molecular flexibility index (Phi) is 6.23. The van der Waals surface area contributed by atoms with Gasteiger partial charge >= 0.3 is 0 Å². The Morgan fingerprint density at radius 3 is 2.57 bits per heavy atom. The van der Waals surface area contributed by atoms with Crippen molar-refractivity contribution < 1.29 is 9.59 Å². The van der Waals surface area contributed by atoms with Gasteiger partial charge in [-0.25, -0.2) is 4.98 Å². The summed E-state index contributed by atoms with van der Waals surface area (Å²) in [6, 6.07) is 17.8. The van der Waals surface area contributed by atoms with Crippen LogP contribution in [0.1, 0.15) is 28.9 Å². The van der Waals surface area contributed by atoms with E-state index in [0.29, 0.717) is 25.1 Å². The van der Waals surface area contributed by atoms with Crippen molar-refractivity contribution in [3.05, 3.63) is 78.4 Å². The summed E-state index contributed by atoms with van der Waals surface area (Å²) >= 11 is 0. The SMILES string of the molecule is O=C(NCC1CCCN(C(=O)Cc2cnc[nH]2)C1)c1ccc(-c2ccccc2)cc1. The quantitative estimate of drug-likeness (QED) is 0.664. The van der Waals surface area contributed by atoms with E-state index < -0.39 is 0 Å². The zero-order valence-corrected chi connectivity index (χ0v) is 16.9. The fourth-order valence-electron chi connectivity index (χ4n) is 3.90. The number of nitrogens with one attached hydrogen (secondary N) is 2. The van der Waals surface area contributed by atoms with Crippen LogP contribution in [0, 0.1) is 5.92 Å². The molecule has 2 aromatic carbocycles. The Balaban J connectivity index is 1.28. The molecule has 1 saturated heterocycles. The standard InChI is InChI=1S/C24H26N4O2/c29-23(13-22-15-25-17-27-22)28-12-4-5-18(16-28)14-26-24(30)21-10-8-20(9-11-21)19-6-2-1-3-7-19/h1-3,6-11,15,17-18H,4-5,12-14,16H2,(H,25,27)(H,26,30). The van der Waals surface area contributed by atoms with E-state index in [1.54, 1.807) is 12.5 Å². The number of aromatic amines is 1. The van der Waals surface area contributed by atoms with Gasteiger partial charge in [0.2, 0.25) is 5.91 Å².